The molecule has 0 spiro atoms. The van der Waals surface area contributed by atoms with E-state index in [0.717, 1.165) is 30.1 Å². The largest absolute Gasteiger partial charge is 0.381 e. The van der Waals surface area contributed by atoms with Gasteiger partial charge in [0.2, 0.25) is 0 Å². The Balaban J connectivity index is 1.61. The summed E-state index contributed by atoms with van der Waals surface area (Å²) >= 11 is 0. The number of halogens is 2. The SMILES string of the molecule is CN=C(NCCCOCC1CC1)NCc1nccn1C(F)F. The van der Waals surface area contributed by atoms with E-state index in [4.69, 9.17) is 4.74 Å². The molecule has 0 atom stereocenters. The minimum absolute atomic E-state index is 0.190. The molecule has 124 valence electrons. The van der Waals surface area contributed by atoms with Crippen LogP contribution in [0.2, 0.25) is 0 Å². The fourth-order valence-electron chi connectivity index (χ4n) is 1.96. The number of guanidine groups is 1. The topological polar surface area (TPSA) is 63.5 Å². The van der Waals surface area contributed by atoms with Crippen LogP contribution in [0.15, 0.2) is 17.4 Å². The lowest BCUT2D eigenvalue weighted by Gasteiger charge is -2.12. The van der Waals surface area contributed by atoms with E-state index in [0.29, 0.717) is 12.5 Å². The van der Waals surface area contributed by atoms with Crippen molar-refractivity contribution in [2.75, 3.05) is 26.8 Å². The number of aromatic nitrogens is 2. The number of nitrogens with one attached hydrogen (secondary N) is 2. The molecule has 0 radical (unpaired) electrons. The van der Waals surface area contributed by atoms with Gasteiger partial charge in [-0.2, -0.15) is 8.78 Å². The normalized spacial score (nSPS) is 15.4. The maximum atomic E-state index is 12.7. The van der Waals surface area contributed by atoms with Gasteiger partial charge in [-0.25, -0.2) is 4.98 Å². The third-order valence-corrected chi connectivity index (χ3v) is 3.41. The highest BCUT2D eigenvalue weighted by atomic mass is 19.3. The molecule has 0 amide bonds. The zero-order valence-corrected chi connectivity index (χ0v) is 12.8. The first-order valence-electron chi connectivity index (χ1n) is 7.53. The van der Waals surface area contributed by atoms with E-state index >= 15 is 0 Å². The van der Waals surface area contributed by atoms with Crippen LogP contribution in [0.1, 0.15) is 31.6 Å². The van der Waals surface area contributed by atoms with Crippen molar-refractivity contribution < 1.29 is 13.5 Å². The summed E-state index contributed by atoms with van der Waals surface area (Å²) in [6.45, 7) is -0.0968. The fraction of sp³-hybridized carbons (Fsp3) is 0.714. The van der Waals surface area contributed by atoms with Gasteiger partial charge < -0.3 is 15.4 Å². The molecule has 1 aromatic heterocycles. The maximum absolute atomic E-state index is 12.7. The van der Waals surface area contributed by atoms with E-state index in [2.05, 4.69) is 20.6 Å². The van der Waals surface area contributed by atoms with Crippen LogP contribution < -0.4 is 10.6 Å². The standard InChI is InChI=1S/C14H23F2N5O/c1-17-14(19-5-2-8-22-10-11-3-4-11)20-9-12-18-6-7-21(12)13(15)16/h6-7,11,13H,2-5,8-10H2,1H3,(H2,17,19,20). The fourth-order valence-corrected chi connectivity index (χ4v) is 1.96. The van der Waals surface area contributed by atoms with Gasteiger partial charge >= 0.3 is 6.55 Å². The quantitative estimate of drug-likeness (QED) is 0.414. The Kier molecular flexibility index (Phi) is 6.57. The Bertz CT molecular complexity index is 474. The van der Waals surface area contributed by atoms with Gasteiger partial charge in [0.05, 0.1) is 6.54 Å². The van der Waals surface area contributed by atoms with Crippen molar-refractivity contribution >= 4 is 5.96 Å². The number of aliphatic imine (C=N–C) groups is 1. The average Bonchev–Trinajstić information content (AvgIpc) is 3.20. The first-order chi connectivity index (χ1) is 10.7. The van der Waals surface area contributed by atoms with Crippen molar-refractivity contribution in [3.8, 4) is 0 Å². The highest BCUT2D eigenvalue weighted by Crippen LogP contribution is 2.28. The van der Waals surface area contributed by atoms with Crippen LogP contribution in [-0.2, 0) is 11.3 Å². The average molecular weight is 315 g/mol. The van der Waals surface area contributed by atoms with Crippen LogP contribution in [0, 0.1) is 5.92 Å². The number of hydrogen-bond acceptors (Lipinski definition) is 3. The summed E-state index contributed by atoms with van der Waals surface area (Å²) in [5.74, 6) is 1.61. The minimum Gasteiger partial charge on any atom is -0.381 e. The van der Waals surface area contributed by atoms with Gasteiger partial charge in [0.25, 0.3) is 0 Å². The van der Waals surface area contributed by atoms with Crippen molar-refractivity contribution in [1.82, 2.24) is 20.2 Å². The summed E-state index contributed by atoms with van der Waals surface area (Å²) in [5, 5.41) is 6.09. The predicted octanol–water partition coefficient (Wildman–Crippen LogP) is 1.76. The Morgan fingerprint density at radius 1 is 1.50 bits per heavy atom. The van der Waals surface area contributed by atoms with E-state index < -0.39 is 6.55 Å². The Morgan fingerprint density at radius 3 is 3.00 bits per heavy atom. The molecule has 8 heteroatoms. The minimum atomic E-state index is -2.59. The molecule has 0 unspecified atom stereocenters. The van der Waals surface area contributed by atoms with Crippen molar-refractivity contribution in [3.63, 3.8) is 0 Å². The molecule has 2 rings (SSSR count). The van der Waals surface area contributed by atoms with Crippen molar-refractivity contribution in [1.29, 1.82) is 0 Å². The Hall–Kier alpha value is -1.70. The molecule has 1 saturated carbocycles. The second-order valence-corrected chi connectivity index (χ2v) is 5.25. The molecule has 1 aliphatic rings. The molecule has 2 N–H and O–H groups in total. The molecule has 1 fully saturated rings. The molecule has 6 nitrogen and oxygen atoms in total. The number of imidazole rings is 1. The summed E-state index contributed by atoms with van der Waals surface area (Å²) in [6.07, 6.45) is 6.08. The van der Waals surface area contributed by atoms with E-state index in [9.17, 15) is 8.78 Å². The lowest BCUT2D eigenvalue weighted by Crippen LogP contribution is -2.38. The summed E-state index contributed by atoms with van der Waals surface area (Å²) in [7, 11) is 1.64. The molecule has 0 bridgehead atoms. The summed E-state index contributed by atoms with van der Waals surface area (Å²) in [4.78, 5) is 7.95. The number of rotatable bonds is 9. The number of alkyl halides is 2. The van der Waals surface area contributed by atoms with Crippen LogP contribution in [-0.4, -0.2) is 42.3 Å². The van der Waals surface area contributed by atoms with Crippen LogP contribution >= 0.6 is 0 Å². The van der Waals surface area contributed by atoms with E-state index in [-0.39, 0.29) is 12.4 Å². The van der Waals surface area contributed by atoms with Crippen LogP contribution in [0.25, 0.3) is 0 Å². The summed E-state index contributed by atoms with van der Waals surface area (Å²) < 4.78 is 31.7. The van der Waals surface area contributed by atoms with E-state index in [1.54, 1.807) is 7.05 Å². The molecular weight excluding hydrogens is 292 g/mol. The Labute approximate surface area is 129 Å². The van der Waals surface area contributed by atoms with Gasteiger partial charge in [-0.1, -0.05) is 0 Å². The highest BCUT2D eigenvalue weighted by molar-refractivity contribution is 5.79. The summed E-state index contributed by atoms with van der Waals surface area (Å²) in [5.41, 5.74) is 0. The predicted molar refractivity (Wildman–Crippen MR) is 79.8 cm³/mol. The highest BCUT2D eigenvalue weighted by Gasteiger charge is 2.20. The van der Waals surface area contributed by atoms with Crippen molar-refractivity contribution in [2.45, 2.75) is 32.4 Å². The molecule has 0 saturated heterocycles. The molecular formula is C14H23F2N5O. The Morgan fingerprint density at radius 2 is 2.32 bits per heavy atom. The lowest BCUT2D eigenvalue weighted by molar-refractivity contribution is 0.0668. The molecule has 1 aromatic rings. The zero-order chi connectivity index (χ0) is 15.8. The first-order valence-corrected chi connectivity index (χ1v) is 7.53. The van der Waals surface area contributed by atoms with Crippen molar-refractivity contribution in [2.24, 2.45) is 10.9 Å². The zero-order valence-electron chi connectivity index (χ0n) is 12.8. The van der Waals surface area contributed by atoms with E-state index in [1.807, 2.05) is 0 Å². The molecule has 0 aliphatic heterocycles. The van der Waals surface area contributed by atoms with Gasteiger partial charge in [-0.15, -0.1) is 0 Å². The van der Waals surface area contributed by atoms with Crippen molar-refractivity contribution in [3.05, 3.63) is 18.2 Å². The van der Waals surface area contributed by atoms with Crippen LogP contribution in [0.4, 0.5) is 8.78 Å². The monoisotopic (exact) mass is 315 g/mol. The maximum Gasteiger partial charge on any atom is 0.319 e. The first kappa shape index (κ1) is 16.7. The number of hydrogen-bond donors (Lipinski definition) is 2. The molecule has 1 heterocycles. The second-order valence-electron chi connectivity index (χ2n) is 5.25. The second kappa shape index (κ2) is 8.67. The third kappa shape index (κ3) is 5.59. The van der Waals surface area contributed by atoms with Gasteiger partial charge in [0, 0.05) is 39.2 Å². The molecule has 0 aromatic carbocycles. The van der Waals surface area contributed by atoms with Crippen LogP contribution in [0.5, 0.6) is 0 Å². The van der Waals surface area contributed by atoms with Crippen LogP contribution in [0.3, 0.4) is 0 Å². The molecule has 1 aliphatic carbocycles. The van der Waals surface area contributed by atoms with Gasteiger partial charge in [0.15, 0.2) is 5.96 Å². The molecule has 22 heavy (non-hydrogen) atoms. The van der Waals surface area contributed by atoms with Gasteiger partial charge in [-0.05, 0) is 25.2 Å². The number of ether oxygens (including phenoxy) is 1. The van der Waals surface area contributed by atoms with Gasteiger partial charge in [-0.3, -0.25) is 9.56 Å². The lowest BCUT2D eigenvalue weighted by atomic mass is 10.4. The third-order valence-electron chi connectivity index (χ3n) is 3.41. The smallest absolute Gasteiger partial charge is 0.319 e. The number of nitrogens with zero attached hydrogens (tertiary/aromatic N) is 3. The summed E-state index contributed by atoms with van der Waals surface area (Å²) in [6, 6.07) is 0. The van der Waals surface area contributed by atoms with E-state index in [1.165, 1.54) is 25.2 Å². The van der Waals surface area contributed by atoms with Gasteiger partial charge in [0.1, 0.15) is 5.82 Å².